The summed E-state index contributed by atoms with van der Waals surface area (Å²) in [6.45, 7) is 3.84. The van der Waals surface area contributed by atoms with Gasteiger partial charge < -0.3 is 40.3 Å². The number of aliphatic hydroxyl groups excluding tert-OH is 5. The third-order valence-electron chi connectivity index (χ3n) is 20.0. The molecule has 1 rings (SSSR count). The number of allylic oxidation sites excluding steroid dienone is 5. The number of carbonyl (C=O) groups excluding carboxylic acids is 1. The Morgan fingerprint density at radius 2 is 0.641 bits per heavy atom. The van der Waals surface area contributed by atoms with Crippen molar-refractivity contribution < 1.29 is 39.8 Å². The molecule has 92 heavy (non-hydrogen) atoms. The van der Waals surface area contributed by atoms with Gasteiger partial charge in [-0.05, 0) is 51.4 Å². The summed E-state index contributed by atoms with van der Waals surface area (Å²) >= 11 is 0. The van der Waals surface area contributed by atoms with Crippen molar-refractivity contribution in [1.29, 1.82) is 0 Å². The molecule has 1 aliphatic rings. The minimum Gasteiger partial charge on any atom is -0.394 e. The molecule has 0 radical (unpaired) electrons. The third-order valence-corrected chi connectivity index (χ3v) is 20.0. The van der Waals surface area contributed by atoms with Crippen molar-refractivity contribution in [1.82, 2.24) is 5.32 Å². The molecule has 1 amide bonds. The molecule has 544 valence electrons. The molecule has 7 unspecified atom stereocenters. The van der Waals surface area contributed by atoms with Crippen LogP contribution in [0.5, 0.6) is 0 Å². The van der Waals surface area contributed by atoms with Gasteiger partial charge in [0.25, 0.3) is 0 Å². The highest BCUT2D eigenvalue weighted by atomic mass is 16.7. The highest BCUT2D eigenvalue weighted by molar-refractivity contribution is 5.76. The Labute approximate surface area is 571 Å². The lowest BCUT2D eigenvalue weighted by molar-refractivity contribution is -0.302. The maximum absolute atomic E-state index is 13.2. The Morgan fingerprint density at radius 3 is 0.935 bits per heavy atom. The zero-order valence-corrected chi connectivity index (χ0v) is 61.3. The lowest BCUT2D eigenvalue weighted by Crippen LogP contribution is -2.60. The average molecular weight is 1300 g/mol. The average Bonchev–Trinajstić information content (AvgIpc) is 1.45. The van der Waals surface area contributed by atoms with Gasteiger partial charge in [0, 0.05) is 6.42 Å². The molecular weight excluding hydrogens is 1140 g/mol. The second-order valence-corrected chi connectivity index (χ2v) is 28.9. The van der Waals surface area contributed by atoms with Crippen molar-refractivity contribution in [2.75, 3.05) is 13.2 Å². The van der Waals surface area contributed by atoms with E-state index in [1.165, 1.54) is 366 Å². The van der Waals surface area contributed by atoms with Gasteiger partial charge >= 0.3 is 0 Å². The number of rotatable bonds is 74. The lowest BCUT2D eigenvalue weighted by atomic mass is 9.99. The standard InChI is InChI=1S/C83H159NO8/c1-3-5-7-9-11-13-15-17-19-21-23-25-27-29-31-33-35-36-37-38-39-40-41-42-43-45-47-49-51-53-55-57-59-61-63-65-67-69-71-73-79(87)84-76(75-91-83-82(90)81(89)80(88)78(74-85)92-83)77(86)72-70-68-66-64-62-60-58-56-54-52-50-48-46-44-34-32-30-28-26-24-22-20-18-16-14-12-10-8-6-4-2/h15,17,21,23,70,72,76-78,80-83,85-86,88-90H,3-14,16,18-20,22,24-69,71,73-75H2,1-2H3,(H,84,87)/b17-15-,23-21-,72-70+. The van der Waals surface area contributed by atoms with Crippen molar-refractivity contribution in [3.8, 4) is 0 Å². The molecule has 7 atom stereocenters. The number of hydrogen-bond acceptors (Lipinski definition) is 8. The summed E-state index contributed by atoms with van der Waals surface area (Å²) in [4.78, 5) is 13.2. The zero-order valence-electron chi connectivity index (χ0n) is 61.3. The Morgan fingerprint density at radius 1 is 0.370 bits per heavy atom. The third kappa shape index (κ3) is 59.7. The molecule has 1 aliphatic heterocycles. The van der Waals surface area contributed by atoms with Crippen molar-refractivity contribution in [3.05, 3.63) is 36.5 Å². The topological polar surface area (TPSA) is 149 Å². The normalized spacial score (nSPS) is 17.8. The van der Waals surface area contributed by atoms with Gasteiger partial charge in [-0.2, -0.15) is 0 Å². The van der Waals surface area contributed by atoms with E-state index in [4.69, 9.17) is 9.47 Å². The van der Waals surface area contributed by atoms with Gasteiger partial charge in [0.2, 0.25) is 5.91 Å². The number of nitrogens with one attached hydrogen (secondary N) is 1. The maximum atomic E-state index is 13.2. The molecule has 9 heteroatoms. The Hall–Kier alpha value is -1.59. The van der Waals surface area contributed by atoms with Crippen molar-refractivity contribution in [3.63, 3.8) is 0 Å². The molecule has 6 N–H and O–H groups in total. The molecule has 1 fully saturated rings. The molecule has 0 saturated carbocycles. The van der Waals surface area contributed by atoms with Crippen LogP contribution in [0.25, 0.3) is 0 Å². The summed E-state index contributed by atoms with van der Waals surface area (Å²) < 4.78 is 11.4. The minimum atomic E-state index is -1.57. The summed E-state index contributed by atoms with van der Waals surface area (Å²) in [5, 5.41) is 54.9. The van der Waals surface area contributed by atoms with E-state index in [-0.39, 0.29) is 12.5 Å². The van der Waals surface area contributed by atoms with Crippen LogP contribution in [0.3, 0.4) is 0 Å². The summed E-state index contributed by atoms with van der Waals surface area (Å²) in [6, 6.07) is -0.805. The number of amides is 1. The van der Waals surface area contributed by atoms with E-state index in [0.717, 1.165) is 44.9 Å². The van der Waals surface area contributed by atoms with Gasteiger partial charge in [0.1, 0.15) is 24.4 Å². The number of unbranched alkanes of at least 4 members (excludes halogenated alkanes) is 60. The summed E-state index contributed by atoms with van der Waals surface area (Å²) in [7, 11) is 0. The van der Waals surface area contributed by atoms with Crippen LogP contribution in [0.1, 0.15) is 431 Å². The van der Waals surface area contributed by atoms with Gasteiger partial charge in [-0.15, -0.1) is 0 Å². The molecule has 1 saturated heterocycles. The van der Waals surface area contributed by atoms with Crippen LogP contribution in [0, 0.1) is 0 Å². The quantitative estimate of drug-likeness (QED) is 0.0261. The second kappa shape index (κ2) is 72.2. The highest BCUT2D eigenvalue weighted by Gasteiger charge is 2.44. The first kappa shape index (κ1) is 88.4. The van der Waals surface area contributed by atoms with Crippen LogP contribution in [-0.4, -0.2) is 87.5 Å². The summed E-state index contributed by atoms with van der Waals surface area (Å²) in [5.74, 6) is -0.167. The first-order valence-corrected chi connectivity index (χ1v) is 41.2. The Kier molecular flexibility index (Phi) is 69.4. The highest BCUT2D eigenvalue weighted by Crippen LogP contribution is 2.24. The van der Waals surface area contributed by atoms with Gasteiger partial charge in [0.05, 0.1) is 25.4 Å². The fraction of sp³-hybridized carbons (Fsp3) is 0.916. The Balaban J connectivity index is 2.04. The molecule has 0 aromatic carbocycles. The minimum absolute atomic E-state index is 0.167. The first-order valence-electron chi connectivity index (χ1n) is 41.2. The number of hydrogen-bond donors (Lipinski definition) is 6. The predicted molar refractivity (Wildman–Crippen MR) is 397 cm³/mol. The molecule has 0 aromatic rings. The van der Waals surface area contributed by atoms with Crippen molar-refractivity contribution in [2.45, 2.75) is 474 Å². The van der Waals surface area contributed by atoms with Crippen LogP contribution in [-0.2, 0) is 14.3 Å². The monoisotopic (exact) mass is 1300 g/mol. The molecule has 0 bridgehead atoms. The first-order chi connectivity index (χ1) is 45.3. The smallest absolute Gasteiger partial charge is 0.220 e. The number of aliphatic hydroxyl groups is 5. The van der Waals surface area contributed by atoms with Crippen LogP contribution in [0.2, 0.25) is 0 Å². The predicted octanol–water partition coefficient (Wildman–Crippen LogP) is 23.7. The van der Waals surface area contributed by atoms with Gasteiger partial charge in [-0.1, -0.05) is 410 Å². The second-order valence-electron chi connectivity index (χ2n) is 28.9. The molecular formula is C83H159NO8. The molecule has 0 aromatic heterocycles. The van der Waals surface area contributed by atoms with Crippen LogP contribution in [0.4, 0.5) is 0 Å². The van der Waals surface area contributed by atoms with Crippen LogP contribution < -0.4 is 5.32 Å². The largest absolute Gasteiger partial charge is 0.394 e. The van der Waals surface area contributed by atoms with Gasteiger partial charge in [-0.3, -0.25) is 4.79 Å². The number of carbonyl (C=O) groups is 1. The van der Waals surface area contributed by atoms with E-state index in [1.807, 2.05) is 6.08 Å². The van der Waals surface area contributed by atoms with Gasteiger partial charge in [0.15, 0.2) is 6.29 Å². The van der Waals surface area contributed by atoms with E-state index >= 15 is 0 Å². The summed E-state index contributed by atoms with van der Waals surface area (Å²) in [6.07, 6.45) is 91.7. The van der Waals surface area contributed by atoms with E-state index < -0.39 is 49.5 Å². The van der Waals surface area contributed by atoms with E-state index in [2.05, 4.69) is 43.5 Å². The molecule has 1 heterocycles. The van der Waals surface area contributed by atoms with Crippen LogP contribution in [0.15, 0.2) is 36.5 Å². The van der Waals surface area contributed by atoms with E-state index in [9.17, 15) is 30.3 Å². The fourth-order valence-corrected chi connectivity index (χ4v) is 13.5. The summed E-state index contributed by atoms with van der Waals surface area (Å²) in [5.41, 5.74) is 0. The van der Waals surface area contributed by atoms with Crippen molar-refractivity contribution >= 4 is 5.91 Å². The fourth-order valence-electron chi connectivity index (χ4n) is 13.5. The van der Waals surface area contributed by atoms with E-state index in [1.54, 1.807) is 6.08 Å². The molecule has 0 spiro atoms. The molecule has 0 aliphatic carbocycles. The lowest BCUT2D eigenvalue weighted by Gasteiger charge is -2.40. The zero-order chi connectivity index (χ0) is 66.4. The maximum Gasteiger partial charge on any atom is 0.220 e. The van der Waals surface area contributed by atoms with Crippen LogP contribution >= 0.6 is 0 Å². The van der Waals surface area contributed by atoms with E-state index in [0.29, 0.717) is 6.42 Å². The SMILES string of the molecule is CCCCCCC/C=C\C/C=C\CCCCCCCCCCCCCCCCCCCCCCCCCCCCCC(=O)NC(COC1OC(CO)C(O)C(O)C1O)C(O)/C=C/CCCCCCCCCCCCCCCCCCCCCCCCCCCCCC. The number of ether oxygens (including phenoxy) is 2. The molecule has 9 nitrogen and oxygen atoms in total. The van der Waals surface area contributed by atoms with Gasteiger partial charge in [-0.25, -0.2) is 0 Å². The Bertz CT molecular complexity index is 1550. The van der Waals surface area contributed by atoms with Crippen molar-refractivity contribution in [2.24, 2.45) is 0 Å².